The molecule has 4 nitrogen and oxygen atoms in total. The van der Waals surface area contributed by atoms with Crippen LogP contribution in [0.4, 0.5) is 0 Å². The lowest BCUT2D eigenvalue weighted by Gasteiger charge is -2.16. The van der Waals surface area contributed by atoms with Gasteiger partial charge in [0.15, 0.2) is 12.0 Å². The van der Waals surface area contributed by atoms with Gasteiger partial charge in [0.1, 0.15) is 5.52 Å². The molecule has 1 aliphatic rings. The molecule has 2 aromatic rings. The van der Waals surface area contributed by atoms with E-state index in [4.69, 9.17) is 15.4 Å². The van der Waals surface area contributed by atoms with Crippen LogP contribution in [0.2, 0.25) is 0 Å². The molecule has 0 bridgehead atoms. The van der Waals surface area contributed by atoms with Crippen molar-refractivity contribution in [1.29, 1.82) is 5.26 Å². The Bertz CT molecular complexity index is 577. The standard InChI is InChI=1S/C12H11N3O/c13-6-12(3-4-12)11(14)8-1-2-9-10(5-8)16-7-15-9/h1-2,5,7,11H,3-4,14H2. The fourth-order valence-corrected chi connectivity index (χ4v) is 2.01. The van der Waals surface area contributed by atoms with E-state index in [1.54, 1.807) is 0 Å². The summed E-state index contributed by atoms with van der Waals surface area (Å²) in [4.78, 5) is 4.04. The summed E-state index contributed by atoms with van der Waals surface area (Å²) in [7, 11) is 0. The lowest BCUT2D eigenvalue weighted by molar-refractivity contribution is 0.518. The Kier molecular flexibility index (Phi) is 1.79. The SMILES string of the molecule is N#CC1(C(N)c2ccc3ncoc3c2)CC1. The van der Waals surface area contributed by atoms with E-state index >= 15 is 0 Å². The van der Waals surface area contributed by atoms with Gasteiger partial charge in [-0.1, -0.05) is 6.07 Å². The topological polar surface area (TPSA) is 75.8 Å². The first-order valence-corrected chi connectivity index (χ1v) is 5.25. The van der Waals surface area contributed by atoms with E-state index in [0.717, 1.165) is 29.5 Å². The number of nitriles is 1. The van der Waals surface area contributed by atoms with Crippen molar-refractivity contribution < 1.29 is 4.42 Å². The Morgan fingerprint density at radius 3 is 3.00 bits per heavy atom. The van der Waals surface area contributed by atoms with Crippen molar-refractivity contribution in [3.8, 4) is 6.07 Å². The first-order valence-electron chi connectivity index (χ1n) is 5.25. The van der Waals surface area contributed by atoms with Gasteiger partial charge in [0.2, 0.25) is 0 Å². The van der Waals surface area contributed by atoms with Crippen LogP contribution in [0.15, 0.2) is 29.0 Å². The maximum Gasteiger partial charge on any atom is 0.181 e. The molecule has 1 saturated carbocycles. The molecule has 80 valence electrons. The number of aromatic nitrogens is 1. The Labute approximate surface area is 92.7 Å². The largest absolute Gasteiger partial charge is 0.443 e. The summed E-state index contributed by atoms with van der Waals surface area (Å²) in [5, 5.41) is 9.10. The molecule has 0 saturated heterocycles. The number of hydrogen-bond acceptors (Lipinski definition) is 4. The smallest absolute Gasteiger partial charge is 0.181 e. The third-order valence-electron chi connectivity index (χ3n) is 3.32. The zero-order valence-corrected chi connectivity index (χ0v) is 8.68. The predicted octanol–water partition coefficient (Wildman–Crippen LogP) is 2.13. The molecule has 4 heteroatoms. The quantitative estimate of drug-likeness (QED) is 0.829. The van der Waals surface area contributed by atoms with Crippen molar-refractivity contribution >= 4 is 11.1 Å². The molecular formula is C12H11N3O. The van der Waals surface area contributed by atoms with E-state index in [9.17, 15) is 0 Å². The van der Waals surface area contributed by atoms with Crippen molar-refractivity contribution in [1.82, 2.24) is 4.98 Å². The number of benzene rings is 1. The highest BCUT2D eigenvalue weighted by Crippen LogP contribution is 2.53. The van der Waals surface area contributed by atoms with Gasteiger partial charge in [-0.15, -0.1) is 0 Å². The summed E-state index contributed by atoms with van der Waals surface area (Å²) in [6.07, 6.45) is 3.19. The van der Waals surface area contributed by atoms with E-state index in [0.29, 0.717) is 0 Å². The van der Waals surface area contributed by atoms with Crippen LogP contribution in [0.25, 0.3) is 11.1 Å². The van der Waals surface area contributed by atoms with Gasteiger partial charge < -0.3 is 10.2 Å². The van der Waals surface area contributed by atoms with Gasteiger partial charge in [-0.3, -0.25) is 0 Å². The van der Waals surface area contributed by atoms with Crippen LogP contribution in [-0.4, -0.2) is 4.98 Å². The molecule has 0 spiro atoms. The number of oxazole rings is 1. The number of nitrogens with zero attached hydrogens (tertiary/aromatic N) is 2. The minimum absolute atomic E-state index is 0.230. The Morgan fingerprint density at radius 1 is 1.50 bits per heavy atom. The van der Waals surface area contributed by atoms with Gasteiger partial charge in [-0.25, -0.2) is 4.98 Å². The zero-order chi connectivity index (χ0) is 11.2. The van der Waals surface area contributed by atoms with Gasteiger partial charge in [0.25, 0.3) is 0 Å². The first-order chi connectivity index (χ1) is 7.75. The lowest BCUT2D eigenvalue weighted by Crippen LogP contribution is -2.21. The van der Waals surface area contributed by atoms with Crippen molar-refractivity contribution in [2.24, 2.45) is 11.1 Å². The van der Waals surface area contributed by atoms with E-state index < -0.39 is 0 Å². The molecule has 0 aliphatic heterocycles. The maximum atomic E-state index is 9.10. The van der Waals surface area contributed by atoms with Crippen LogP contribution >= 0.6 is 0 Å². The third-order valence-corrected chi connectivity index (χ3v) is 3.32. The molecule has 3 rings (SSSR count). The minimum Gasteiger partial charge on any atom is -0.443 e. The first kappa shape index (κ1) is 9.37. The van der Waals surface area contributed by atoms with Gasteiger partial charge in [-0.2, -0.15) is 5.26 Å². The molecule has 1 unspecified atom stereocenters. The highest BCUT2D eigenvalue weighted by Gasteiger charge is 2.49. The number of nitrogens with two attached hydrogens (primary N) is 1. The monoisotopic (exact) mass is 213 g/mol. The molecule has 1 heterocycles. The minimum atomic E-state index is -0.353. The second-order valence-corrected chi connectivity index (χ2v) is 4.33. The summed E-state index contributed by atoms with van der Waals surface area (Å²) in [5.74, 6) is 0. The number of fused-ring (bicyclic) bond motifs is 1. The van der Waals surface area contributed by atoms with Crippen LogP contribution in [0.1, 0.15) is 24.4 Å². The molecule has 2 N–H and O–H groups in total. The Balaban J connectivity index is 2.03. The van der Waals surface area contributed by atoms with Crippen LogP contribution in [0, 0.1) is 16.7 Å². The van der Waals surface area contributed by atoms with Crippen LogP contribution in [0.3, 0.4) is 0 Å². The predicted molar refractivity (Wildman–Crippen MR) is 58.2 cm³/mol. The maximum absolute atomic E-state index is 9.10. The summed E-state index contributed by atoms with van der Waals surface area (Å²) >= 11 is 0. The fraction of sp³-hybridized carbons (Fsp3) is 0.333. The van der Waals surface area contributed by atoms with Crippen LogP contribution < -0.4 is 5.73 Å². The molecule has 16 heavy (non-hydrogen) atoms. The molecule has 1 aromatic carbocycles. The second kappa shape index (κ2) is 3.06. The molecule has 1 aliphatic carbocycles. The molecule has 0 amide bonds. The van der Waals surface area contributed by atoms with E-state index in [1.165, 1.54) is 6.39 Å². The highest BCUT2D eigenvalue weighted by molar-refractivity contribution is 5.73. The fourth-order valence-electron chi connectivity index (χ4n) is 2.01. The Hall–Kier alpha value is -1.86. The number of hydrogen-bond donors (Lipinski definition) is 1. The van der Waals surface area contributed by atoms with Crippen molar-refractivity contribution in [3.05, 3.63) is 30.2 Å². The van der Waals surface area contributed by atoms with Crippen LogP contribution in [0.5, 0.6) is 0 Å². The van der Waals surface area contributed by atoms with E-state index in [2.05, 4.69) is 11.1 Å². The van der Waals surface area contributed by atoms with Gasteiger partial charge in [0, 0.05) is 6.04 Å². The molecule has 0 radical (unpaired) electrons. The summed E-state index contributed by atoms with van der Waals surface area (Å²) in [5.41, 5.74) is 8.26. The second-order valence-electron chi connectivity index (χ2n) is 4.33. The van der Waals surface area contributed by atoms with E-state index in [1.807, 2.05) is 18.2 Å². The van der Waals surface area contributed by atoms with Crippen molar-refractivity contribution in [2.45, 2.75) is 18.9 Å². The third kappa shape index (κ3) is 1.22. The van der Waals surface area contributed by atoms with Gasteiger partial charge >= 0.3 is 0 Å². The van der Waals surface area contributed by atoms with E-state index in [-0.39, 0.29) is 11.5 Å². The van der Waals surface area contributed by atoms with Crippen molar-refractivity contribution in [3.63, 3.8) is 0 Å². The highest BCUT2D eigenvalue weighted by atomic mass is 16.3. The molecule has 1 aromatic heterocycles. The van der Waals surface area contributed by atoms with Crippen molar-refractivity contribution in [2.75, 3.05) is 0 Å². The van der Waals surface area contributed by atoms with Gasteiger partial charge in [-0.05, 0) is 30.5 Å². The summed E-state index contributed by atoms with van der Waals surface area (Å²) in [6.45, 7) is 0. The average molecular weight is 213 g/mol. The zero-order valence-electron chi connectivity index (χ0n) is 8.68. The Morgan fingerprint density at radius 2 is 2.31 bits per heavy atom. The average Bonchev–Trinajstić information content (AvgIpc) is 2.98. The molecule has 1 atom stereocenters. The summed E-state index contributed by atoms with van der Waals surface area (Å²) < 4.78 is 5.23. The lowest BCUT2D eigenvalue weighted by atomic mass is 9.92. The van der Waals surface area contributed by atoms with Gasteiger partial charge in [0.05, 0.1) is 11.5 Å². The van der Waals surface area contributed by atoms with Crippen LogP contribution in [-0.2, 0) is 0 Å². The molecular weight excluding hydrogens is 202 g/mol. The normalized spacial score (nSPS) is 19.2. The summed E-state index contributed by atoms with van der Waals surface area (Å²) in [6, 6.07) is 7.77. The number of rotatable bonds is 2. The molecule has 1 fully saturated rings.